The Morgan fingerprint density at radius 2 is 2.36 bits per heavy atom. The summed E-state index contributed by atoms with van der Waals surface area (Å²) in [7, 11) is 0. The lowest BCUT2D eigenvalue weighted by atomic mass is 10.1. The molecule has 0 aliphatic carbocycles. The first-order valence-electron chi connectivity index (χ1n) is 4.59. The maximum Gasteiger partial charge on any atom is 0.0885 e. The number of hydrogen-bond donors (Lipinski definition) is 1. The van der Waals surface area contributed by atoms with Crippen LogP contribution < -0.4 is 0 Å². The summed E-state index contributed by atoms with van der Waals surface area (Å²) in [6, 6.07) is 2.04. The number of hydrogen-bond acceptors (Lipinski definition) is 2. The molecule has 0 saturated heterocycles. The molecule has 14 heavy (non-hydrogen) atoms. The number of rotatable bonds is 4. The van der Waals surface area contributed by atoms with Gasteiger partial charge in [0, 0.05) is 4.88 Å². The Morgan fingerprint density at radius 1 is 1.71 bits per heavy atom. The van der Waals surface area contributed by atoms with Crippen molar-refractivity contribution in [1.82, 2.24) is 0 Å². The van der Waals surface area contributed by atoms with Gasteiger partial charge in [-0.3, -0.25) is 0 Å². The van der Waals surface area contributed by atoms with Crippen molar-refractivity contribution in [2.45, 2.75) is 32.8 Å². The highest BCUT2D eigenvalue weighted by Gasteiger charge is 2.11. The Balaban J connectivity index is 2.60. The van der Waals surface area contributed by atoms with Crippen molar-refractivity contribution in [3.05, 3.63) is 32.4 Å². The number of halogens is 1. The van der Waals surface area contributed by atoms with Crippen LogP contribution >= 0.6 is 27.3 Å². The molecule has 1 unspecified atom stereocenters. The van der Waals surface area contributed by atoms with E-state index in [4.69, 9.17) is 0 Å². The molecule has 3 heteroatoms. The van der Waals surface area contributed by atoms with Crippen LogP contribution in [-0.2, 0) is 0 Å². The van der Waals surface area contributed by atoms with E-state index in [1.807, 2.05) is 19.9 Å². The molecule has 0 radical (unpaired) electrons. The van der Waals surface area contributed by atoms with Gasteiger partial charge in [0.15, 0.2) is 0 Å². The van der Waals surface area contributed by atoms with Gasteiger partial charge in [0.2, 0.25) is 0 Å². The van der Waals surface area contributed by atoms with Gasteiger partial charge in [-0.15, -0.1) is 17.9 Å². The zero-order valence-corrected chi connectivity index (χ0v) is 10.9. The van der Waals surface area contributed by atoms with E-state index in [1.54, 1.807) is 11.3 Å². The molecule has 0 aliphatic rings. The Kier molecular flexibility index (Phi) is 4.35. The van der Waals surface area contributed by atoms with Crippen LogP contribution in [0, 0.1) is 6.92 Å². The van der Waals surface area contributed by atoms with E-state index in [2.05, 4.69) is 22.5 Å². The Labute approximate surface area is 97.6 Å². The minimum Gasteiger partial charge on any atom is -0.388 e. The van der Waals surface area contributed by atoms with E-state index >= 15 is 0 Å². The lowest BCUT2D eigenvalue weighted by Crippen LogP contribution is -1.94. The van der Waals surface area contributed by atoms with Crippen molar-refractivity contribution in [3.63, 3.8) is 0 Å². The van der Waals surface area contributed by atoms with Crippen LogP contribution in [0.25, 0.3) is 0 Å². The molecule has 0 aliphatic heterocycles. The molecule has 1 rings (SSSR count). The standard InChI is InChI=1S/C11H15BrOS/c1-7(2)4-5-9(13)10-6-8(3)11(12)14-10/h6,9,13H,1,4-5H2,2-3H3. The van der Waals surface area contributed by atoms with Crippen LogP contribution in [-0.4, -0.2) is 5.11 Å². The molecule has 1 aromatic heterocycles. The van der Waals surface area contributed by atoms with Crippen molar-refractivity contribution >= 4 is 27.3 Å². The van der Waals surface area contributed by atoms with Crippen LogP contribution in [0.5, 0.6) is 0 Å². The molecular weight excluding hydrogens is 260 g/mol. The second-order valence-corrected chi connectivity index (χ2v) is 6.02. The van der Waals surface area contributed by atoms with Gasteiger partial charge in [0.1, 0.15) is 0 Å². The maximum atomic E-state index is 9.86. The Morgan fingerprint density at radius 3 is 2.79 bits per heavy atom. The third-order valence-electron chi connectivity index (χ3n) is 2.05. The molecule has 1 N–H and O–H groups in total. The summed E-state index contributed by atoms with van der Waals surface area (Å²) in [5, 5.41) is 9.86. The maximum absolute atomic E-state index is 9.86. The van der Waals surface area contributed by atoms with Crippen molar-refractivity contribution in [1.29, 1.82) is 0 Å². The third kappa shape index (κ3) is 3.23. The van der Waals surface area contributed by atoms with Crippen LogP contribution in [0.2, 0.25) is 0 Å². The topological polar surface area (TPSA) is 20.2 Å². The molecule has 0 aromatic carbocycles. The second kappa shape index (κ2) is 5.10. The predicted octanol–water partition coefficient (Wildman–Crippen LogP) is 4.21. The predicted molar refractivity (Wildman–Crippen MR) is 65.8 cm³/mol. The molecule has 1 heterocycles. The average Bonchev–Trinajstić information content (AvgIpc) is 2.43. The zero-order chi connectivity index (χ0) is 10.7. The highest BCUT2D eigenvalue weighted by atomic mass is 79.9. The largest absolute Gasteiger partial charge is 0.388 e. The van der Waals surface area contributed by atoms with E-state index in [1.165, 1.54) is 5.56 Å². The normalized spacial score (nSPS) is 12.9. The van der Waals surface area contributed by atoms with Gasteiger partial charge in [-0.05, 0) is 54.2 Å². The summed E-state index contributed by atoms with van der Waals surface area (Å²) in [6.45, 7) is 7.85. The Bertz CT molecular complexity index is 311. The summed E-state index contributed by atoms with van der Waals surface area (Å²) >= 11 is 5.07. The number of allylic oxidation sites excluding steroid dienone is 1. The monoisotopic (exact) mass is 274 g/mol. The number of aliphatic hydroxyl groups excluding tert-OH is 1. The Hall–Kier alpha value is -0.120. The van der Waals surface area contributed by atoms with Crippen molar-refractivity contribution in [2.75, 3.05) is 0 Å². The first-order chi connectivity index (χ1) is 6.50. The van der Waals surface area contributed by atoms with Gasteiger partial charge in [-0.1, -0.05) is 5.57 Å². The zero-order valence-electron chi connectivity index (χ0n) is 8.51. The second-order valence-electron chi connectivity index (χ2n) is 3.62. The van der Waals surface area contributed by atoms with Gasteiger partial charge in [-0.25, -0.2) is 0 Å². The van der Waals surface area contributed by atoms with E-state index in [-0.39, 0.29) is 6.10 Å². The molecule has 1 aromatic rings. The van der Waals surface area contributed by atoms with Crippen LogP contribution in [0.3, 0.4) is 0 Å². The number of thiophene rings is 1. The number of aliphatic hydroxyl groups is 1. The molecular formula is C11H15BrOS. The van der Waals surface area contributed by atoms with Crippen molar-refractivity contribution in [3.8, 4) is 0 Å². The lowest BCUT2D eigenvalue weighted by molar-refractivity contribution is 0.171. The third-order valence-corrected chi connectivity index (χ3v) is 4.29. The van der Waals surface area contributed by atoms with Gasteiger partial charge in [-0.2, -0.15) is 0 Å². The molecule has 1 nitrogen and oxygen atoms in total. The van der Waals surface area contributed by atoms with Crippen molar-refractivity contribution < 1.29 is 5.11 Å². The lowest BCUT2D eigenvalue weighted by Gasteiger charge is -2.07. The quantitative estimate of drug-likeness (QED) is 0.816. The summed E-state index contributed by atoms with van der Waals surface area (Å²) in [5.74, 6) is 0. The van der Waals surface area contributed by atoms with Crippen LogP contribution in [0.1, 0.15) is 36.3 Å². The molecule has 0 fully saturated rings. The number of aryl methyl sites for hydroxylation is 1. The fourth-order valence-corrected chi connectivity index (χ4v) is 2.76. The van der Waals surface area contributed by atoms with E-state index in [0.717, 1.165) is 27.1 Å². The van der Waals surface area contributed by atoms with E-state index in [0.29, 0.717) is 0 Å². The van der Waals surface area contributed by atoms with E-state index < -0.39 is 0 Å². The van der Waals surface area contributed by atoms with Crippen LogP contribution in [0.4, 0.5) is 0 Å². The minimum atomic E-state index is -0.346. The average molecular weight is 275 g/mol. The summed E-state index contributed by atoms with van der Waals surface area (Å²) in [6.07, 6.45) is 1.30. The minimum absolute atomic E-state index is 0.346. The van der Waals surface area contributed by atoms with Gasteiger partial charge in [0.25, 0.3) is 0 Å². The van der Waals surface area contributed by atoms with Crippen LogP contribution in [0.15, 0.2) is 22.0 Å². The fourth-order valence-electron chi connectivity index (χ4n) is 1.17. The first-order valence-corrected chi connectivity index (χ1v) is 6.20. The highest BCUT2D eigenvalue weighted by Crippen LogP contribution is 2.33. The molecule has 78 valence electrons. The first kappa shape index (κ1) is 12.0. The molecule has 0 amide bonds. The van der Waals surface area contributed by atoms with Gasteiger partial charge >= 0.3 is 0 Å². The van der Waals surface area contributed by atoms with Crippen molar-refractivity contribution in [2.24, 2.45) is 0 Å². The SMILES string of the molecule is C=C(C)CCC(O)c1cc(C)c(Br)s1. The molecule has 1 atom stereocenters. The van der Waals surface area contributed by atoms with Gasteiger partial charge in [0.05, 0.1) is 9.89 Å². The summed E-state index contributed by atoms with van der Waals surface area (Å²) < 4.78 is 1.11. The molecule has 0 saturated carbocycles. The van der Waals surface area contributed by atoms with E-state index in [9.17, 15) is 5.11 Å². The smallest absolute Gasteiger partial charge is 0.0885 e. The molecule has 0 bridgehead atoms. The fraction of sp³-hybridized carbons (Fsp3) is 0.455. The summed E-state index contributed by atoms with van der Waals surface area (Å²) in [4.78, 5) is 1.04. The summed E-state index contributed by atoms with van der Waals surface area (Å²) in [5.41, 5.74) is 2.32. The van der Waals surface area contributed by atoms with Gasteiger partial charge < -0.3 is 5.11 Å². The molecule has 0 spiro atoms. The highest BCUT2D eigenvalue weighted by molar-refractivity contribution is 9.11.